The van der Waals surface area contributed by atoms with E-state index in [-0.39, 0.29) is 75.4 Å². The lowest BCUT2D eigenvalue weighted by Gasteiger charge is -2.27. The molecule has 0 aliphatic carbocycles. The third-order valence-electron chi connectivity index (χ3n) is 12.8. The lowest BCUT2D eigenvalue weighted by molar-refractivity contribution is -0.156. The lowest BCUT2D eigenvalue weighted by Crippen LogP contribution is -2.33. The fourth-order valence-electron chi connectivity index (χ4n) is 9.08. The van der Waals surface area contributed by atoms with Crippen LogP contribution in [0.5, 0.6) is 0 Å². The van der Waals surface area contributed by atoms with Crippen LogP contribution >= 0.6 is 63.7 Å². The van der Waals surface area contributed by atoms with Gasteiger partial charge in [0, 0.05) is 95.4 Å². The molecule has 0 heterocycles. The van der Waals surface area contributed by atoms with E-state index in [2.05, 4.69) is 127 Å². The molecule has 3 aromatic carbocycles. The summed E-state index contributed by atoms with van der Waals surface area (Å²) in [6.07, 6.45) is 3.81. The van der Waals surface area contributed by atoms with Gasteiger partial charge >= 0.3 is 17.9 Å². The molecule has 0 spiro atoms. The summed E-state index contributed by atoms with van der Waals surface area (Å²) in [6.45, 7) is 27.3. The van der Waals surface area contributed by atoms with Crippen LogP contribution in [-0.4, -0.2) is 185 Å². The first-order valence-electron chi connectivity index (χ1n) is 29.3. The molecular weight excluding hydrogens is 1450 g/mol. The molecule has 0 amide bonds. The van der Waals surface area contributed by atoms with Crippen molar-refractivity contribution in [1.29, 1.82) is 0 Å². The number of benzene rings is 3. The second kappa shape index (κ2) is 42.0. The van der Waals surface area contributed by atoms with Crippen molar-refractivity contribution in [2.75, 3.05) is 121 Å². The van der Waals surface area contributed by atoms with E-state index in [1.807, 2.05) is 67.5 Å². The van der Waals surface area contributed by atoms with E-state index in [4.69, 9.17) is 28.3 Å². The molecule has 28 heteroatoms. The molecule has 89 heavy (non-hydrogen) atoms. The Morgan fingerprint density at radius 2 is 0.775 bits per heavy atom. The van der Waals surface area contributed by atoms with Gasteiger partial charge in [-0.1, -0.05) is 81.9 Å². The number of alkyl halides is 4. The molecule has 0 aliphatic rings. The number of hydrogen-bond acceptors (Lipinski definition) is 20. The monoisotopic (exact) mass is 1540 g/mol. The Morgan fingerprint density at radius 3 is 1.02 bits per heavy atom. The molecule has 0 fully saturated rings. The van der Waals surface area contributed by atoms with Crippen LogP contribution in [0, 0.1) is 20.8 Å². The van der Waals surface area contributed by atoms with Gasteiger partial charge in [-0.15, -0.1) is 0 Å². The second-order valence-electron chi connectivity index (χ2n) is 24.0. The number of esters is 3. The van der Waals surface area contributed by atoms with Crippen molar-refractivity contribution in [3.8, 4) is 0 Å². The zero-order chi connectivity index (χ0) is 67.8. The molecule has 3 unspecified atom stereocenters. The number of hydrogen-bond donors (Lipinski definition) is 3. The second-order valence-corrected chi connectivity index (χ2v) is 30.5. The SMILES string of the molecule is Cc1ccc(N(CCBr)CCBr)cc1C(CN)CC(=O)OC(C)(C)C.Cc1ccc(N(CCBr)CCBr)cc1C(CN[B]C=O)CC(=O)OC(C)(C)C.Cc1ccc(N(CCOS(C)(=O)=O)CCOS(C)(=O)=O)cc1C(CN[B]C=O)CC(=O)OC(C)(C)C. The lowest BCUT2D eigenvalue weighted by atomic mass is 9.88. The average Bonchev–Trinajstić information content (AvgIpc) is 1.11. The summed E-state index contributed by atoms with van der Waals surface area (Å²) < 4.78 is 71.7. The first-order chi connectivity index (χ1) is 41.4. The highest BCUT2D eigenvalue weighted by molar-refractivity contribution is 9.09. The van der Waals surface area contributed by atoms with Crippen LogP contribution in [-0.2, 0) is 66.8 Å². The van der Waals surface area contributed by atoms with Gasteiger partial charge in [-0.3, -0.25) is 22.7 Å². The van der Waals surface area contributed by atoms with Gasteiger partial charge in [0.05, 0.1) is 57.4 Å². The fraction of sp³-hybridized carbons (Fsp3) is 0.623. The summed E-state index contributed by atoms with van der Waals surface area (Å²) in [7, 11) is -4.71. The van der Waals surface area contributed by atoms with E-state index >= 15 is 0 Å². The van der Waals surface area contributed by atoms with E-state index in [9.17, 15) is 40.8 Å². The van der Waals surface area contributed by atoms with E-state index in [1.165, 1.54) is 14.8 Å². The van der Waals surface area contributed by atoms with Crippen LogP contribution in [0.3, 0.4) is 0 Å². The number of nitrogens with one attached hydrogen (secondary N) is 2. The fourth-order valence-corrected chi connectivity index (χ4v) is 11.6. The van der Waals surface area contributed by atoms with E-state index in [0.717, 1.165) is 105 Å². The molecule has 3 rings (SSSR count). The Bertz CT molecular complexity index is 2830. The molecule has 4 N–H and O–H groups in total. The number of halogens is 4. The third kappa shape index (κ3) is 37.1. The quantitative estimate of drug-likeness (QED) is 0.00924. The Kier molecular flexibility index (Phi) is 39.4. The van der Waals surface area contributed by atoms with Gasteiger partial charge in [0.15, 0.2) is 0 Å². The van der Waals surface area contributed by atoms with E-state index < -0.39 is 43.0 Å². The standard InChI is InChI=1S/C22H36BN2O9S2.C20H30BBr2N2O3.C19H30Br2N2O2/c1-17-7-8-19(25(9-11-32-35(5,28)29)10-12-33-36(6,30)31)14-20(17)18(15-24-23-16-26)13-21(27)34-22(2,3)4;1-15-5-6-17(25(9-7-22)10-8-23)12-18(15)16(13-24-21-14-26)11-19(27)28-20(2,3)4;1-14-5-6-16(23(9-7-20)10-8-21)12-17(14)15(13-22)11-18(24)25-19(2,3)4/h7-8,14,16,18,24H,9-13,15H2,1-6H3;5-6,12,14,16,24H,7-11,13H2,1-4H3;5-6,12,15H,7-11,13,22H2,1-4H3. The van der Waals surface area contributed by atoms with Crippen molar-refractivity contribution < 1.29 is 63.4 Å². The van der Waals surface area contributed by atoms with Crippen LogP contribution < -0.4 is 30.9 Å². The number of ether oxygens (including phenoxy) is 3. The van der Waals surface area contributed by atoms with Gasteiger partial charge in [0.2, 0.25) is 0 Å². The minimum Gasteiger partial charge on any atom is -0.460 e. The topological polar surface area (TPSA) is 260 Å². The number of anilines is 3. The summed E-state index contributed by atoms with van der Waals surface area (Å²) in [5.74, 6) is -1.33. The molecule has 0 bridgehead atoms. The largest absolute Gasteiger partial charge is 0.460 e. The van der Waals surface area contributed by atoms with Gasteiger partial charge in [-0.2, -0.15) is 16.8 Å². The molecule has 0 saturated carbocycles. The zero-order valence-corrected chi connectivity index (χ0v) is 62.4. The first-order valence-corrected chi connectivity index (χ1v) is 37.4. The van der Waals surface area contributed by atoms with Crippen molar-refractivity contribution in [2.45, 2.75) is 137 Å². The number of rotatable bonds is 37. The number of nitrogens with two attached hydrogens (primary N) is 1. The molecule has 0 saturated heterocycles. The van der Waals surface area contributed by atoms with Crippen LogP contribution in [0.15, 0.2) is 54.6 Å². The Balaban J connectivity index is 0.000000680. The van der Waals surface area contributed by atoms with Gasteiger partial charge < -0.3 is 54.7 Å². The van der Waals surface area contributed by atoms with Crippen molar-refractivity contribution in [3.05, 3.63) is 88.0 Å². The van der Waals surface area contributed by atoms with Crippen molar-refractivity contribution >= 4 is 146 Å². The molecule has 3 atom stereocenters. The summed E-state index contributed by atoms with van der Waals surface area (Å²) >= 11 is 14.1. The number of nitrogens with zero attached hydrogens (tertiary/aromatic N) is 3. The van der Waals surface area contributed by atoms with Gasteiger partial charge in [0.25, 0.3) is 35.1 Å². The maximum atomic E-state index is 12.6. The number of aryl methyl sites for hydroxylation is 3. The van der Waals surface area contributed by atoms with E-state index in [0.29, 0.717) is 37.6 Å². The third-order valence-corrected chi connectivity index (χ3v) is 15.4. The van der Waals surface area contributed by atoms with E-state index in [1.54, 1.807) is 31.7 Å². The predicted molar refractivity (Wildman–Crippen MR) is 377 cm³/mol. The maximum absolute atomic E-state index is 12.6. The van der Waals surface area contributed by atoms with Crippen molar-refractivity contribution in [2.24, 2.45) is 5.73 Å². The molecule has 0 aromatic heterocycles. The highest BCUT2D eigenvalue weighted by Crippen LogP contribution is 2.32. The Labute approximate surface area is 567 Å². The maximum Gasteiger partial charge on any atom is 0.306 e. The Morgan fingerprint density at radius 1 is 0.506 bits per heavy atom. The highest BCUT2D eigenvalue weighted by Gasteiger charge is 2.27. The smallest absolute Gasteiger partial charge is 0.306 e. The van der Waals surface area contributed by atoms with Crippen molar-refractivity contribution in [1.82, 2.24) is 10.5 Å². The molecule has 2 radical (unpaired) electrons. The van der Waals surface area contributed by atoms with Gasteiger partial charge in [0.1, 0.15) is 16.8 Å². The van der Waals surface area contributed by atoms with Gasteiger partial charge in [-0.05, 0) is 172 Å². The van der Waals surface area contributed by atoms with Crippen LogP contribution in [0.2, 0.25) is 0 Å². The normalized spacial score (nSPS) is 12.8. The van der Waals surface area contributed by atoms with Crippen molar-refractivity contribution in [3.63, 3.8) is 0 Å². The number of carbonyl (C=O) groups is 5. The van der Waals surface area contributed by atoms with Gasteiger partial charge in [-0.25, -0.2) is 0 Å². The van der Waals surface area contributed by atoms with Crippen LogP contribution in [0.1, 0.15) is 133 Å². The van der Waals surface area contributed by atoms with Crippen LogP contribution in [0.4, 0.5) is 17.1 Å². The molecule has 500 valence electrons. The summed E-state index contributed by atoms with van der Waals surface area (Å²) in [5, 5.41) is 9.45. The Hall–Kier alpha value is -3.44. The average molecular weight is 1540 g/mol. The number of carbonyl (C=O) groups excluding carboxylic acids is 5. The summed E-state index contributed by atoms with van der Waals surface area (Å²) in [5.41, 5.74) is 13.4. The summed E-state index contributed by atoms with van der Waals surface area (Å²) in [4.78, 5) is 65.0. The van der Waals surface area contributed by atoms with Crippen LogP contribution in [0.25, 0.3) is 0 Å². The summed E-state index contributed by atoms with van der Waals surface area (Å²) in [6, 6.07) is 18.2. The molecule has 20 nitrogen and oxygen atoms in total. The minimum absolute atomic E-state index is 0.0374. The minimum atomic E-state index is -3.66. The first kappa shape index (κ1) is 83.6. The predicted octanol–water partition coefficient (Wildman–Crippen LogP) is 9.14. The molecular formula is C61H96B2Br4N6O14S2. The molecule has 3 aromatic rings. The zero-order valence-electron chi connectivity index (χ0n) is 54.4. The molecule has 0 aliphatic heterocycles. The highest BCUT2D eigenvalue weighted by atomic mass is 79.9.